The molecule has 0 atom stereocenters. The average molecular weight is 327 g/mol. The Morgan fingerprint density at radius 3 is 2.50 bits per heavy atom. The lowest BCUT2D eigenvalue weighted by Gasteiger charge is -2.18. The van der Waals surface area contributed by atoms with Crippen molar-refractivity contribution >= 4 is 17.4 Å². The van der Waals surface area contributed by atoms with E-state index in [0.29, 0.717) is 11.4 Å². The van der Waals surface area contributed by atoms with Gasteiger partial charge < -0.3 is 10.2 Å². The fourth-order valence-electron chi connectivity index (χ4n) is 3.01. The number of nitrogens with one attached hydrogen (secondary N) is 1. The minimum Gasteiger partial charge on any atom is -0.370 e. The van der Waals surface area contributed by atoms with Gasteiger partial charge in [-0.15, -0.1) is 0 Å². The predicted octanol–water partition coefficient (Wildman–Crippen LogP) is 2.97. The van der Waals surface area contributed by atoms with Gasteiger partial charge in [0, 0.05) is 31.7 Å². The Kier molecular flexibility index (Phi) is 4.30. The van der Waals surface area contributed by atoms with Crippen LogP contribution in [0.5, 0.6) is 0 Å². The molecule has 1 N–H and O–H groups in total. The summed E-state index contributed by atoms with van der Waals surface area (Å²) in [5.41, 5.74) is 2.30. The molecule has 0 spiro atoms. The number of aromatic nitrogens is 3. The van der Waals surface area contributed by atoms with Gasteiger partial charge in [0.05, 0.1) is 23.1 Å². The maximum absolute atomic E-state index is 12.6. The summed E-state index contributed by atoms with van der Waals surface area (Å²) < 4.78 is 1.68. The Hall–Kier alpha value is -2.37. The molecule has 2 aromatic heterocycles. The fourth-order valence-corrected chi connectivity index (χ4v) is 3.01. The number of anilines is 2. The van der Waals surface area contributed by atoms with E-state index in [0.717, 1.165) is 24.5 Å². The number of amides is 1. The summed E-state index contributed by atoms with van der Waals surface area (Å²) in [6.07, 6.45) is 6.05. The standard InChI is InChI=1S/C18H25N5O/c1-18(2,3)16-14(12-22(4)21-16)17(24)20-15-8-7-13(11-19-15)23-9-5-6-10-23/h7-8,11-12H,5-6,9-10H2,1-4H3,(H,19,20,24). The second kappa shape index (κ2) is 6.26. The van der Waals surface area contributed by atoms with Crippen LogP contribution in [0.2, 0.25) is 0 Å². The van der Waals surface area contributed by atoms with Gasteiger partial charge in [0.2, 0.25) is 0 Å². The number of rotatable bonds is 3. The molecular formula is C18H25N5O. The highest BCUT2D eigenvalue weighted by atomic mass is 16.1. The zero-order valence-electron chi connectivity index (χ0n) is 14.8. The van der Waals surface area contributed by atoms with Crippen LogP contribution in [0.3, 0.4) is 0 Å². The monoisotopic (exact) mass is 327 g/mol. The van der Waals surface area contributed by atoms with Crippen molar-refractivity contribution < 1.29 is 4.79 Å². The number of carbonyl (C=O) groups excluding carboxylic acids is 1. The number of nitrogens with zero attached hydrogens (tertiary/aromatic N) is 4. The lowest BCUT2D eigenvalue weighted by atomic mass is 9.89. The summed E-state index contributed by atoms with van der Waals surface area (Å²) in [6, 6.07) is 3.88. The normalized spacial score (nSPS) is 14.9. The van der Waals surface area contributed by atoms with E-state index in [1.807, 2.05) is 25.4 Å². The molecule has 6 nitrogen and oxygen atoms in total. The topological polar surface area (TPSA) is 63.1 Å². The predicted molar refractivity (Wildman–Crippen MR) is 95.5 cm³/mol. The molecule has 2 aromatic rings. The van der Waals surface area contributed by atoms with Crippen LogP contribution < -0.4 is 10.2 Å². The molecule has 0 radical (unpaired) electrons. The van der Waals surface area contributed by atoms with Crippen LogP contribution in [0.25, 0.3) is 0 Å². The highest BCUT2D eigenvalue weighted by molar-refractivity contribution is 6.04. The van der Waals surface area contributed by atoms with E-state index in [-0.39, 0.29) is 11.3 Å². The molecule has 0 aromatic carbocycles. The third-order valence-corrected chi connectivity index (χ3v) is 4.24. The molecule has 3 rings (SSSR count). The van der Waals surface area contributed by atoms with E-state index in [4.69, 9.17) is 0 Å². The lowest BCUT2D eigenvalue weighted by Crippen LogP contribution is -2.21. The first kappa shape index (κ1) is 16.5. The maximum Gasteiger partial charge on any atom is 0.260 e. The van der Waals surface area contributed by atoms with Crippen molar-refractivity contribution in [3.8, 4) is 0 Å². The Bertz CT molecular complexity index is 721. The third-order valence-electron chi connectivity index (χ3n) is 4.24. The van der Waals surface area contributed by atoms with E-state index in [1.165, 1.54) is 12.8 Å². The third kappa shape index (κ3) is 3.42. The van der Waals surface area contributed by atoms with Crippen LogP contribution in [-0.2, 0) is 12.5 Å². The van der Waals surface area contributed by atoms with Gasteiger partial charge in [0.15, 0.2) is 0 Å². The largest absolute Gasteiger partial charge is 0.370 e. The summed E-state index contributed by atoms with van der Waals surface area (Å²) in [5, 5.41) is 7.32. The van der Waals surface area contributed by atoms with Gasteiger partial charge in [0.1, 0.15) is 5.82 Å². The SMILES string of the molecule is Cn1cc(C(=O)Nc2ccc(N3CCCC3)cn2)c(C(C)(C)C)n1. The molecule has 1 aliphatic heterocycles. The van der Waals surface area contributed by atoms with Crippen LogP contribution in [0.1, 0.15) is 49.7 Å². The summed E-state index contributed by atoms with van der Waals surface area (Å²) >= 11 is 0. The van der Waals surface area contributed by atoms with Gasteiger partial charge in [-0.1, -0.05) is 20.8 Å². The summed E-state index contributed by atoms with van der Waals surface area (Å²) in [6.45, 7) is 8.32. The molecule has 0 saturated carbocycles. The van der Waals surface area contributed by atoms with E-state index in [2.05, 4.69) is 41.1 Å². The molecule has 1 aliphatic rings. The number of hydrogen-bond donors (Lipinski definition) is 1. The fraction of sp³-hybridized carbons (Fsp3) is 0.500. The van der Waals surface area contributed by atoms with Gasteiger partial charge in [-0.3, -0.25) is 9.48 Å². The smallest absolute Gasteiger partial charge is 0.260 e. The van der Waals surface area contributed by atoms with E-state index >= 15 is 0 Å². The van der Waals surface area contributed by atoms with Gasteiger partial charge in [0.25, 0.3) is 5.91 Å². The first-order chi connectivity index (χ1) is 11.3. The first-order valence-electron chi connectivity index (χ1n) is 8.41. The molecular weight excluding hydrogens is 302 g/mol. The molecule has 0 aliphatic carbocycles. The van der Waals surface area contributed by atoms with Crippen molar-refractivity contribution in [3.63, 3.8) is 0 Å². The number of hydrogen-bond acceptors (Lipinski definition) is 4. The minimum absolute atomic E-state index is 0.172. The average Bonchev–Trinajstić information content (AvgIpc) is 3.16. The van der Waals surface area contributed by atoms with E-state index in [1.54, 1.807) is 10.9 Å². The maximum atomic E-state index is 12.6. The molecule has 1 fully saturated rings. The second-order valence-corrected chi connectivity index (χ2v) is 7.36. The quantitative estimate of drug-likeness (QED) is 0.941. The zero-order chi connectivity index (χ0) is 17.3. The summed E-state index contributed by atoms with van der Waals surface area (Å²) in [7, 11) is 1.83. The number of aryl methyl sites for hydroxylation is 1. The van der Waals surface area contributed by atoms with Crippen LogP contribution >= 0.6 is 0 Å². The van der Waals surface area contributed by atoms with E-state index < -0.39 is 0 Å². The van der Waals surface area contributed by atoms with Crippen molar-refractivity contribution in [2.75, 3.05) is 23.3 Å². The first-order valence-corrected chi connectivity index (χ1v) is 8.41. The second-order valence-electron chi connectivity index (χ2n) is 7.36. The highest BCUT2D eigenvalue weighted by Crippen LogP contribution is 2.25. The Morgan fingerprint density at radius 2 is 1.92 bits per heavy atom. The van der Waals surface area contributed by atoms with Gasteiger partial charge >= 0.3 is 0 Å². The van der Waals surface area contributed by atoms with Gasteiger partial charge in [-0.25, -0.2) is 4.98 Å². The van der Waals surface area contributed by atoms with Crippen molar-refractivity contribution in [1.82, 2.24) is 14.8 Å². The highest BCUT2D eigenvalue weighted by Gasteiger charge is 2.26. The van der Waals surface area contributed by atoms with Crippen molar-refractivity contribution in [2.24, 2.45) is 7.05 Å². The molecule has 0 unspecified atom stereocenters. The van der Waals surface area contributed by atoms with Crippen LogP contribution in [-0.4, -0.2) is 33.8 Å². The zero-order valence-corrected chi connectivity index (χ0v) is 14.8. The van der Waals surface area contributed by atoms with Crippen LogP contribution in [0.15, 0.2) is 24.5 Å². The summed E-state index contributed by atoms with van der Waals surface area (Å²) in [4.78, 5) is 19.3. The Labute approximate surface area is 142 Å². The van der Waals surface area contributed by atoms with Crippen molar-refractivity contribution in [2.45, 2.75) is 39.0 Å². The lowest BCUT2D eigenvalue weighted by molar-refractivity contribution is 0.102. The molecule has 6 heteroatoms. The minimum atomic E-state index is -0.193. The Balaban J connectivity index is 1.75. The Morgan fingerprint density at radius 1 is 1.21 bits per heavy atom. The van der Waals surface area contributed by atoms with Crippen molar-refractivity contribution in [3.05, 3.63) is 35.8 Å². The van der Waals surface area contributed by atoms with Gasteiger partial charge in [-0.2, -0.15) is 5.10 Å². The molecule has 3 heterocycles. The molecule has 1 saturated heterocycles. The molecule has 1 amide bonds. The van der Waals surface area contributed by atoms with Crippen molar-refractivity contribution in [1.29, 1.82) is 0 Å². The number of carbonyl (C=O) groups is 1. The van der Waals surface area contributed by atoms with Gasteiger partial charge in [-0.05, 0) is 25.0 Å². The van der Waals surface area contributed by atoms with E-state index in [9.17, 15) is 4.79 Å². The van der Waals surface area contributed by atoms with Crippen LogP contribution in [0, 0.1) is 0 Å². The molecule has 0 bridgehead atoms. The van der Waals surface area contributed by atoms with Crippen LogP contribution in [0.4, 0.5) is 11.5 Å². The molecule has 24 heavy (non-hydrogen) atoms. The molecule has 128 valence electrons. The number of pyridine rings is 1. The summed E-state index contributed by atoms with van der Waals surface area (Å²) in [5.74, 6) is 0.390.